The van der Waals surface area contributed by atoms with Gasteiger partial charge in [-0.3, -0.25) is 9.89 Å². The fourth-order valence-electron chi connectivity index (χ4n) is 5.29. The Morgan fingerprint density at radius 3 is 2.38 bits per heavy atom. The highest BCUT2D eigenvalue weighted by atomic mass is 35.5. The molecule has 1 aromatic carbocycles. The van der Waals surface area contributed by atoms with E-state index in [0.717, 1.165) is 38.7 Å². The van der Waals surface area contributed by atoms with Crippen LogP contribution in [0.25, 0.3) is 10.9 Å². The number of Topliss-reactive ketones (excluding diaryl/α,β-unsaturated/α-hetero) is 1. The van der Waals surface area contributed by atoms with Gasteiger partial charge in [-0.05, 0) is 71.1 Å². The maximum absolute atomic E-state index is 13.5. The fourth-order valence-corrected chi connectivity index (χ4v) is 5.73. The first-order valence-electron chi connectivity index (χ1n) is 13.8. The molecule has 0 bridgehead atoms. The zero-order chi connectivity index (χ0) is 28.9. The molecule has 1 aliphatic heterocycles. The third kappa shape index (κ3) is 6.32. The summed E-state index contributed by atoms with van der Waals surface area (Å²) in [6.45, 7) is 19.2. The molecule has 0 radical (unpaired) electrons. The van der Waals surface area contributed by atoms with Crippen LogP contribution in [0.5, 0.6) is 0 Å². The lowest BCUT2D eigenvalue weighted by Crippen LogP contribution is -2.52. The zero-order valence-corrected chi connectivity index (χ0v) is 25.5. The van der Waals surface area contributed by atoms with E-state index in [1.807, 2.05) is 33.8 Å². The summed E-state index contributed by atoms with van der Waals surface area (Å²) in [6, 6.07) is 4.16. The monoisotopic (exact) mass is 555 g/mol. The van der Waals surface area contributed by atoms with Crippen LogP contribution in [-0.2, 0) is 23.0 Å². The summed E-state index contributed by atoms with van der Waals surface area (Å²) in [5.41, 5.74) is 3.79. The quantitative estimate of drug-likeness (QED) is 0.323. The number of ketones is 1. The SMILES string of the molecule is Cc1nc(CCc2[nH]nc3cc(Cl)c(C(C)(C)C)cc23)n(C(C)C)c1C(=O)CC1CN(C(=O)OC(C)(C)C)C1. The van der Waals surface area contributed by atoms with Crippen molar-refractivity contribution in [3.63, 3.8) is 0 Å². The van der Waals surface area contributed by atoms with Crippen molar-refractivity contribution in [2.24, 2.45) is 5.92 Å². The van der Waals surface area contributed by atoms with Crippen molar-refractivity contribution < 1.29 is 14.3 Å². The van der Waals surface area contributed by atoms with Gasteiger partial charge in [-0.1, -0.05) is 32.4 Å². The maximum Gasteiger partial charge on any atom is 0.410 e. The number of nitrogens with one attached hydrogen (secondary N) is 1. The Bertz CT molecular complexity index is 1380. The molecule has 9 heteroatoms. The van der Waals surface area contributed by atoms with Gasteiger partial charge in [-0.25, -0.2) is 9.78 Å². The average molecular weight is 556 g/mol. The van der Waals surface area contributed by atoms with Crippen molar-refractivity contribution in [3.8, 4) is 0 Å². The van der Waals surface area contributed by atoms with Gasteiger partial charge in [0.2, 0.25) is 0 Å². The van der Waals surface area contributed by atoms with Gasteiger partial charge in [0.05, 0.1) is 11.2 Å². The van der Waals surface area contributed by atoms with Crippen molar-refractivity contribution in [1.82, 2.24) is 24.6 Å². The van der Waals surface area contributed by atoms with E-state index in [0.29, 0.717) is 38.0 Å². The van der Waals surface area contributed by atoms with E-state index in [1.54, 1.807) is 4.90 Å². The zero-order valence-electron chi connectivity index (χ0n) is 24.7. The van der Waals surface area contributed by atoms with Gasteiger partial charge in [-0.2, -0.15) is 5.10 Å². The molecule has 2 aromatic heterocycles. The molecule has 212 valence electrons. The molecule has 1 aliphatic rings. The summed E-state index contributed by atoms with van der Waals surface area (Å²) < 4.78 is 7.52. The van der Waals surface area contributed by atoms with Gasteiger partial charge in [0.15, 0.2) is 5.78 Å². The molecule has 1 amide bonds. The van der Waals surface area contributed by atoms with Crippen LogP contribution in [0.2, 0.25) is 5.02 Å². The molecular formula is C30H42ClN5O3. The van der Waals surface area contributed by atoms with Crippen LogP contribution < -0.4 is 0 Å². The van der Waals surface area contributed by atoms with Crippen LogP contribution in [0.4, 0.5) is 4.79 Å². The number of ether oxygens (including phenoxy) is 1. The molecule has 1 fully saturated rings. The number of fused-ring (bicyclic) bond motifs is 1. The number of carbonyl (C=O) groups excluding carboxylic acids is 2. The fraction of sp³-hybridized carbons (Fsp3) is 0.600. The first-order chi connectivity index (χ1) is 18.0. The largest absolute Gasteiger partial charge is 0.444 e. The summed E-state index contributed by atoms with van der Waals surface area (Å²) in [4.78, 5) is 32.2. The number of nitrogens with zero attached hydrogens (tertiary/aromatic N) is 4. The van der Waals surface area contributed by atoms with E-state index in [4.69, 9.17) is 21.3 Å². The lowest BCUT2D eigenvalue weighted by Gasteiger charge is -2.39. The highest BCUT2D eigenvalue weighted by Crippen LogP contribution is 2.34. The van der Waals surface area contributed by atoms with Gasteiger partial charge in [0.25, 0.3) is 0 Å². The molecule has 0 saturated carbocycles. The number of halogens is 1. The van der Waals surface area contributed by atoms with Crippen molar-refractivity contribution in [2.75, 3.05) is 13.1 Å². The Balaban J connectivity index is 1.48. The van der Waals surface area contributed by atoms with Gasteiger partial charge < -0.3 is 14.2 Å². The molecule has 4 rings (SSSR count). The summed E-state index contributed by atoms with van der Waals surface area (Å²) in [5, 5.41) is 9.47. The number of carbonyl (C=O) groups is 2. The number of aryl methyl sites for hydroxylation is 3. The smallest absolute Gasteiger partial charge is 0.410 e. The lowest BCUT2D eigenvalue weighted by molar-refractivity contribution is -0.00178. The number of imidazole rings is 1. The van der Waals surface area contributed by atoms with E-state index in [2.05, 4.69) is 55.4 Å². The molecule has 0 spiro atoms. The average Bonchev–Trinajstić information content (AvgIpc) is 3.31. The van der Waals surface area contributed by atoms with E-state index < -0.39 is 5.60 Å². The standard InChI is InChI=1S/C30H42ClN5O3/c1-17(2)36-26(11-10-23-20-13-21(29(4,5)6)22(31)14-24(20)34-33-23)32-18(3)27(36)25(37)12-19-15-35(16-19)28(38)39-30(7,8)9/h13-14,17,19H,10-12,15-16H2,1-9H3,(H,33,34). The first kappa shape index (κ1) is 29.1. The van der Waals surface area contributed by atoms with E-state index in [9.17, 15) is 9.59 Å². The summed E-state index contributed by atoms with van der Waals surface area (Å²) in [5.74, 6) is 1.09. The number of H-pyrrole nitrogens is 1. The van der Waals surface area contributed by atoms with Gasteiger partial charge in [0, 0.05) is 54.0 Å². The van der Waals surface area contributed by atoms with E-state index in [1.165, 1.54) is 0 Å². The molecule has 0 unspecified atom stereocenters. The molecular weight excluding hydrogens is 514 g/mol. The molecule has 39 heavy (non-hydrogen) atoms. The van der Waals surface area contributed by atoms with E-state index in [-0.39, 0.29) is 29.3 Å². The second kappa shape index (κ2) is 10.6. The Labute approximate surface area is 236 Å². The Hall–Kier alpha value is -2.87. The highest BCUT2D eigenvalue weighted by Gasteiger charge is 2.36. The first-order valence-corrected chi connectivity index (χ1v) is 14.2. The van der Waals surface area contributed by atoms with Crippen LogP contribution in [0.1, 0.15) is 101 Å². The van der Waals surface area contributed by atoms with Crippen LogP contribution in [0, 0.1) is 12.8 Å². The number of aromatic amines is 1. The molecule has 3 heterocycles. The minimum Gasteiger partial charge on any atom is -0.444 e. The Kier molecular flexibility index (Phi) is 7.92. The third-order valence-corrected chi connectivity index (χ3v) is 7.46. The number of likely N-dealkylation sites (tertiary alicyclic amines) is 1. The Morgan fingerprint density at radius 2 is 1.79 bits per heavy atom. The molecule has 0 atom stereocenters. The van der Waals surface area contributed by atoms with Crippen LogP contribution in [-0.4, -0.2) is 55.2 Å². The predicted octanol–water partition coefficient (Wildman–Crippen LogP) is 6.82. The second-order valence-electron chi connectivity index (χ2n) is 13.1. The van der Waals surface area contributed by atoms with Gasteiger partial charge in [-0.15, -0.1) is 0 Å². The van der Waals surface area contributed by atoms with Crippen LogP contribution in [0.3, 0.4) is 0 Å². The van der Waals surface area contributed by atoms with Crippen molar-refractivity contribution in [2.45, 2.75) is 98.6 Å². The molecule has 1 N–H and O–H groups in total. The predicted molar refractivity (Wildman–Crippen MR) is 155 cm³/mol. The topological polar surface area (TPSA) is 93.1 Å². The van der Waals surface area contributed by atoms with Gasteiger partial charge in [0.1, 0.15) is 17.1 Å². The summed E-state index contributed by atoms with van der Waals surface area (Å²) >= 11 is 6.55. The summed E-state index contributed by atoms with van der Waals surface area (Å²) in [7, 11) is 0. The molecule has 8 nitrogen and oxygen atoms in total. The van der Waals surface area contributed by atoms with Crippen LogP contribution in [0.15, 0.2) is 12.1 Å². The number of amides is 1. The van der Waals surface area contributed by atoms with E-state index >= 15 is 0 Å². The van der Waals surface area contributed by atoms with Crippen LogP contribution >= 0.6 is 11.6 Å². The molecule has 3 aromatic rings. The summed E-state index contributed by atoms with van der Waals surface area (Å²) in [6.07, 6.45) is 1.46. The molecule has 0 aliphatic carbocycles. The lowest BCUT2D eigenvalue weighted by atomic mass is 9.86. The van der Waals surface area contributed by atoms with Gasteiger partial charge >= 0.3 is 6.09 Å². The maximum atomic E-state index is 13.5. The highest BCUT2D eigenvalue weighted by molar-refractivity contribution is 6.32. The third-order valence-electron chi connectivity index (χ3n) is 7.15. The minimum atomic E-state index is -0.528. The number of aromatic nitrogens is 4. The van der Waals surface area contributed by atoms with Crippen molar-refractivity contribution in [3.05, 3.63) is 45.6 Å². The number of hydrogen-bond donors (Lipinski definition) is 1. The second-order valence-corrected chi connectivity index (χ2v) is 13.5. The Morgan fingerprint density at radius 1 is 1.13 bits per heavy atom. The number of benzene rings is 1. The number of rotatable bonds is 7. The minimum absolute atomic E-state index is 0.0743. The number of hydrogen-bond acceptors (Lipinski definition) is 5. The normalized spacial score (nSPS) is 14.8. The van der Waals surface area contributed by atoms with Crippen molar-refractivity contribution in [1.29, 1.82) is 0 Å². The van der Waals surface area contributed by atoms with Crippen molar-refractivity contribution >= 4 is 34.4 Å². The molecule has 1 saturated heterocycles.